The molecule has 0 saturated carbocycles. The van der Waals surface area contributed by atoms with Gasteiger partial charge in [0.2, 0.25) is 0 Å². The van der Waals surface area contributed by atoms with Crippen molar-refractivity contribution in [3.8, 4) is 0 Å². The number of fused-ring (bicyclic) bond motifs is 1. The van der Waals surface area contributed by atoms with Crippen molar-refractivity contribution in [3.63, 3.8) is 0 Å². The van der Waals surface area contributed by atoms with Crippen molar-refractivity contribution in [3.05, 3.63) is 45.5 Å². The number of aldehydes is 1. The van der Waals surface area contributed by atoms with E-state index in [1.54, 1.807) is 6.07 Å². The Morgan fingerprint density at radius 3 is 3.18 bits per heavy atom. The lowest BCUT2D eigenvalue weighted by molar-refractivity contribution is 0.109. The predicted octanol–water partition coefficient (Wildman–Crippen LogP) is 2.71. The summed E-state index contributed by atoms with van der Waals surface area (Å²) in [6.45, 7) is 2.82. The van der Waals surface area contributed by atoms with Crippen LogP contribution >= 0.6 is 11.3 Å². The van der Waals surface area contributed by atoms with Gasteiger partial charge in [0, 0.05) is 18.0 Å². The topological polar surface area (TPSA) is 33.5 Å². The predicted molar refractivity (Wildman–Crippen MR) is 66.2 cm³/mol. The molecule has 0 unspecified atom stereocenters. The molecule has 88 valence electrons. The van der Waals surface area contributed by atoms with Gasteiger partial charge in [0.05, 0.1) is 6.54 Å². The van der Waals surface area contributed by atoms with Crippen LogP contribution in [0.5, 0.6) is 0 Å². The zero-order valence-corrected chi connectivity index (χ0v) is 10.2. The first kappa shape index (κ1) is 10.7. The summed E-state index contributed by atoms with van der Waals surface area (Å²) in [7, 11) is 0. The number of nitrogens with zero attached hydrogens (tertiary/aromatic N) is 1. The summed E-state index contributed by atoms with van der Waals surface area (Å²) < 4.78 is 5.40. The lowest BCUT2D eigenvalue weighted by Crippen LogP contribution is -2.28. The molecule has 0 N–H and O–H groups in total. The van der Waals surface area contributed by atoms with Crippen LogP contribution in [0, 0.1) is 0 Å². The van der Waals surface area contributed by atoms with Crippen molar-refractivity contribution in [1.29, 1.82) is 0 Å². The van der Waals surface area contributed by atoms with Gasteiger partial charge in [-0.3, -0.25) is 9.69 Å². The Morgan fingerprint density at radius 1 is 1.41 bits per heavy atom. The minimum absolute atomic E-state index is 0.410. The Bertz CT molecular complexity index is 529. The van der Waals surface area contributed by atoms with Gasteiger partial charge in [-0.05, 0) is 35.6 Å². The number of rotatable bonds is 3. The minimum atomic E-state index is 0.410. The van der Waals surface area contributed by atoms with E-state index in [4.69, 9.17) is 4.42 Å². The smallest absolute Gasteiger partial charge is 0.185 e. The molecule has 0 saturated heterocycles. The standard InChI is InChI=1S/C13H13NO2S/c15-9-12-2-1-11(16-12)8-14-5-3-13-10(7-14)4-6-17-13/h1-2,4,6,9H,3,5,7-8H2. The molecule has 17 heavy (non-hydrogen) atoms. The van der Waals surface area contributed by atoms with E-state index in [1.807, 2.05) is 17.4 Å². The molecule has 4 heteroatoms. The van der Waals surface area contributed by atoms with E-state index in [9.17, 15) is 4.79 Å². The van der Waals surface area contributed by atoms with Gasteiger partial charge in [-0.2, -0.15) is 0 Å². The van der Waals surface area contributed by atoms with Crippen LogP contribution < -0.4 is 0 Å². The second-order valence-corrected chi connectivity index (χ2v) is 5.25. The number of hydrogen-bond donors (Lipinski definition) is 0. The van der Waals surface area contributed by atoms with E-state index in [0.29, 0.717) is 5.76 Å². The highest BCUT2D eigenvalue weighted by Crippen LogP contribution is 2.25. The van der Waals surface area contributed by atoms with Gasteiger partial charge < -0.3 is 4.42 Å². The third kappa shape index (κ3) is 2.18. The van der Waals surface area contributed by atoms with Crippen molar-refractivity contribution < 1.29 is 9.21 Å². The van der Waals surface area contributed by atoms with Crippen LogP contribution in [-0.2, 0) is 19.5 Å². The molecule has 0 aliphatic carbocycles. The highest BCUT2D eigenvalue weighted by atomic mass is 32.1. The lowest BCUT2D eigenvalue weighted by Gasteiger charge is -2.25. The molecule has 2 aromatic rings. The second kappa shape index (κ2) is 4.47. The van der Waals surface area contributed by atoms with Gasteiger partial charge in [0.1, 0.15) is 5.76 Å². The third-order valence-electron chi connectivity index (χ3n) is 3.06. The first-order chi connectivity index (χ1) is 8.35. The van der Waals surface area contributed by atoms with Gasteiger partial charge in [0.15, 0.2) is 12.0 Å². The Kier molecular flexibility index (Phi) is 2.82. The molecule has 1 aliphatic rings. The van der Waals surface area contributed by atoms with Crippen LogP contribution in [0.2, 0.25) is 0 Å². The molecule has 0 radical (unpaired) electrons. The van der Waals surface area contributed by atoms with Crippen LogP contribution in [-0.4, -0.2) is 17.7 Å². The van der Waals surface area contributed by atoms with E-state index >= 15 is 0 Å². The van der Waals surface area contributed by atoms with Gasteiger partial charge in [-0.15, -0.1) is 11.3 Å². The molecule has 3 heterocycles. The molecule has 0 atom stereocenters. The van der Waals surface area contributed by atoms with Gasteiger partial charge in [-0.1, -0.05) is 0 Å². The molecule has 3 rings (SSSR count). The highest BCUT2D eigenvalue weighted by molar-refractivity contribution is 7.10. The average Bonchev–Trinajstić information content (AvgIpc) is 2.96. The summed E-state index contributed by atoms with van der Waals surface area (Å²) in [5.41, 5.74) is 1.43. The molecule has 0 aromatic carbocycles. The molecule has 0 amide bonds. The van der Waals surface area contributed by atoms with Gasteiger partial charge in [0.25, 0.3) is 0 Å². The summed E-state index contributed by atoms with van der Waals surface area (Å²) >= 11 is 1.85. The molecule has 3 nitrogen and oxygen atoms in total. The molecule has 0 spiro atoms. The monoisotopic (exact) mass is 247 g/mol. The summed E-state index contributed by atoms with van der Waals surface area (Å²) in [5.74, 6) is 1.28. The van der Waals surface area contributed by atoms with Crippen molar-refractivity contribution in [2.75, 3.05) is 6.54 Å². The zero-order chi connectivity index (χ0) is 11.7. The molecular weight excluding hydrogens is 234 g/mol. The van der Waals surface area contributed by atoms with Crippen molar-refractivity contribution in [1.82, 2.24) is 4.90 Å². The summed E-state index contributed by atoms with van der Waals surface area (Å²) in [6, 6.07) is 5.81. The molecule has 0 bridgehead atoms. The first-order valence-electron chi connectivity index (χ1n) is 5.66. The quantitative estimate of drug-likeness (QED) is 0.782. The van der Waals surface area contributed by atoms with Gasteiger partial charge >= 0.3 is 0 Å². The van der Waals surface area contributed by atoms with E-state index in [2.05, 4.69) is 16.3 Å². The SMILES string of the molecule is O=Cc1ccc(CN2CCc3sccc3C2)o1. The maximum atomic E-state index is 10.5. The maximum Gasteiger partial charge on any atom is 0.185 e. The fraction of sp³-hybridized carbons (Fsp3) is 0.308. The Hall–Kier alpha value is -1.39. The maximum absolute atomic E-state index is 10.5. The molecule has 2 aromatic heterocycles. The van der Waals surface area contributed by atoms with E-state index < -0.39 is 0 Å². The zero-order valence-electron chi connectivity index (χ0n) is 9.39. The fourth-order valence-electron chi connectivity index (χ4n) is 2.21. The molecule has 0 fully saturated rings. The third-order valence-corrected chi connectivity index (χ3v) is 4.09. The minimum Gasteiger partial charge on any atom is -0.457 e. The van der Waals surface area contributed by atoms with E-state index in [0.717, 1.165) is 38.1 Å². The van der Waals surface area contributed by atoms with E-state index in [-0.39, 0.29) is 0 Å². The van der Waals surface area contributed by atoms with Crippen molar-refractivity contribution in [2.45, 2.75) is 19.5 Å². The first-order valence-corrected chi connectivity index (χ1v) is 6.54. The highest BCUT2D eigenvalue weighted by Gasteiger charge is 2.18. The number of hydrogen-bond acceptors (Lipinski definition) is 4. The van der Waals surface area contributed by atoms with Crippen molar-refractivity contribution in [2.24, 2.45) is 0 Å². The summed E-state index contributed by atoms with van der Waals surface area (Å²) in [5, 5.41) is 2.16. The summed E-state index contributed by atoms with van der Waals surface area (Å²) in [4.78, 5) is 14.4. The van der Waals surface area contributed by atoms with Crippen LogP contribution in [0.25, 0.3) is 0 Å². The summed E-state index contributed by atoms with van der Waals surface area (Å²) in [6.07, 6.45) is 1.87. The molecule has 1 aliphatic heterocycles. The van der Waals surface area contributed by atoms with Crippen LogP contribution in [0.4, 0.5) is 0 Å². The number of carbonyl (C=O) groups is 1. The van der Waals surface area contributed by atoms with Crippen molar-refractivity contribution >= 4 is 17.6 Å². The number of furan rings is 1. The molecular formula is C13H13NO2S. The Balaban J connectivity index is 1.69. The fourth-order valence-corrected chi connectivity index (χ4v) is 3.09. The van der Waals surface area contributed by atoms with Crippen LogP contribution in [0.1, 0.15) is 26.8 Å². The van der Waals surface area contributed by atoms with Crippen LogP contribution in [0.15, 0.2) is 28.0 Å². The average molecular weight is 247 g/mol. The normalized spacial score (nSPS) is 15.8. The second-order valence-electron chi connectivity index (χ2n) is 4.25. The van der Waals surface area contributed by atoms with E-state index in [1.165, 1.54) is 10.4 Å². The lowest BCUT2D eigenvalue weighted by atomic mass is 10.1. The largest absolute Gasteiger partial charge is 0.457 e. The van der Waals surface area contributed by atoms with Gasteiger partial charge in [-0.25, -0.2) is 0 Å². The number of thiophene rings is 1. The number of carbonyl (C=O) groups excluding carboxylic acids is 1. The Labute approximate surface area is 104 Å². The Morgan fingerprint density at radius 2 is 2.35 bits per heavy atom. The van der Waals surface area contributed by atoms with Crippen LogP contribution in [0.3, 0.4) is 0 Å².